The molecule has 0 N–H and O–H groups in total. The van der Waals surface area contributed by atoms with Crippen LogP contribution < -0.4 is 5.56 Å². The number of aryl methyl sites for hydroxylation is 1. The van der Waals surface area contributed by atoms with Crippen molar-refractivity contribution in [3.05, 3.63) is 34.2 Å². The molecule has 0 saturated carbocycles. The molecule has 2 aliphatic rings. The molecule has 1 aromatic rings. The number of morpholine rings is 1. The lowest BCUT2D eigenvalue weighted by Gasteiger charge is -2.40. The zero-order valence-electron chi connectivity index (χ0n) is 12.8. The lowest BCUT2D eigenvalue weighted by molar-refractivity contribution is 0.000226. The van der Waals surface area contributed by atoms with Gasteiger partial charge >= 0.3 is 0 Å². The van der Waals surface area contributed by atoms with E-state index in [2.05, 4.69) is 15.9 Å². The first kappa shape index (κ1) is 14.8. The molecular formula is C16H25N3O2. The van der Waals surface area contributed by atoms with Crippen molar-refractivity contribution in [2.24, 2.45) is 7.05 Å². The second-order valence-electron chi connectivity index (χ2n) is 6.14. The smallest absolute Gasteiger partial charge is 0.250 e. The second-order valence-corrected chi connectivity index (χ2v) is 6.14. The Hall–Kier alpha value is -1.17. The van der Waals surface area contributed by atoms with Gasteiger partial charge in [0.1, 0.15) is 0 Å². The second kappa shape index (κ2) is 6.73. The molecule has 2 aliphatic heterocycles. The summed E-state index contributed by atoms with van der Waals surface area (Å²) in [4.78, 5) is 16.7. The summed E-state index contributed by atoms with van der Waals surface area (Å²) < 4.78 is 7.05. The van der Waals surface area contributed by atoms with Gasteiger partial charge in [0.25, 0.3) is 5.56 Å². The third-order valence-electron chi connectivity index (χ3n) is 4.69. The van der Waals surface area contributed by atoms with Gasteiger partial charge in [0.2, 0.25) is 0 Å². The molecule has 0 aliphatic carbocycles. The maximum absolute atomic E-state index is 11.7. The highest BCUT2D eigenvalue weighted by atomic mass is 16.5. The number of aromatic nitrogens is 1. The van der Waals surface area contributed by atoms with Crippen LogP contribution in [0.25, 0.3) is 0 Å². The van der Waals surface area contributed by atoms with Crippen molar-refractivity contribution in [3.8, 4) is 0 Å². The van der Waals surface area contributed by atoms with Crippen LogP contribution in [0.15, 0.2) is 23.1 Å². The van der Waals surface area contributed by atoms with Gasteiger partial charge in [-0.1, -0.05) is 0 Å². The van der Waals surface area contributed by atoms with Crippen molar-refractivity contribution in [1.82, 2.24) is 14.4 Å². The fraction of sp³-hybridized carbons (Fsp3) is 0.688. The van der Waals surface area contributed by atoms with Crippen LogP contribution >= 0.6 is 0 Å². The van der Waals surface area contributed by atoms with Crippen molar-refractivity contribution in [2.45, 2.75) is 25.4 Å². The lowest BCUT2D eigenvalue weighted by atomic mass is 10.0. The Balaban J connectivity index is 1.51. The van der Waals surface area contributed by atoms with Gasteiger partial charge in [-0.15, -0.1) is 0 Å². The third kappa shape index (κ3) is 3.73. The van der Waals surface area contributed by atoms with E-state index >= 15 is 0 Å². The topological polar surface area (TPSA) is 37.7 Å². The Morgan fingerprint density at radius 1 is 1.19 bits per heavy atom. The molecule has 1 aromatic heterocycles. The molecule has 2 saturated heterocycles. The Morgan fingerprint density at radius 3 is 2.57 bits per heavy atom. The number of hydrogen-bond donors (Lipinski definition) is 0. The van der Waals surface area contributed by atoms with E-state index in [4.69, 9.17) is 4.74 Å². The summed E-state index contributed by atoms with van der Waals surface area (Å²) in [7, 11) is 1.79. The Morgan fingerprint density at radius 2 is 1.90 bits per heavy atom. The van der Waals surface area contributed by atoms with Crippen LogP contribution in [0.1, 0.15) is 18.4 Å². The van der Waals surface area contributed by atoms with Gasteiger partial charge < -0.3 is 9.30 Å². The number of nitrogens with zero attached hydrogens (tertiary/aromatic N) is 3. The van der Waals surface area contributed by atoms with E-state index in [-0.39, 0.29) is 5.56 Å². The molecule has 0 atom stereocenters. The number of ether oxygens (including phenoxy) is 1. The van der Waals surface area contributed by atoms with Gasteiger partial charge in [-0.25, -0.2) is 0 Å². The molecule has 0 aromatic carbocycles. The van der Waals surface area contributed by atoms with Gasteiger partial charge in [0, 0.05) is 45.0 Å². The molecule has 5 heteroatoms. The van der Waals surface area contributed by atoms with E-state index in [9.17, 15) is 4.79 Å². The van der Waals surface area contributed by atoms with Gasteiger partial charge in [0.05, 0.1) is 13.2 Å². The van der Waals surface area contributed by atoms with E-state index in [1.54, 1.807) is 17.7 Å². The Labute approximate surface area is 126 Å². The average molecular weight is 291 g/mol. The highest BCUT2D eigenvalue weighted by molar-refractivity contribution is 5.10. The van der Waals surface area contributed by atoms with Crippen molar-refractivity contribution >= 4 is 0 Å². The maximum atomic E-state index is 11.7. The number of hydrogen-bond acceptors (Lipinski definition) is 4. The normalized spacial score (nSPS) is 22.5. The summed E-state index contributed by atoms with van der Waals surface area (Å²) in [6.07, 6.45) is 4.31. The molecule has 0 unspecified atom stereocenters. The monoisotopic (exact) mass is 291 g/mol. The van der Waals surface area contributed by atoms with Crippen LogP contribution in [-0.2, 0) is 18.3 Å². The van der Waals surface area contributed by atoms with E-state index in [1.165, 1.54) is 12.8 Å². The quantitative estimate of drug-likeness (QED) is 0.821. The maximum Gasteiger partial charge on any atom is 0.250 e. The standard InChI is InChI=1S/C16H25N3O2/c1-17-5-2-14(12-16(17)20)13-18-6-3-15(4-7-18)19-8-10-21-11-9-19/h2,5,12,15H,3-4,6-11,13H2,1H3. The summed E-state index contributed by atoms with van der Waals surface area (Å²) in [5, 5.41) is 0. The van der Waals surface area contributed by atoms with Gasteiger partial charge in [-0.2, -0.15) is 0 Å². The van der Waals surface area contributed by atoms with Crippen LogP contribution in [0.5, 0.6) is 0 Å². The third-order valence-corrected chi connectivity index (χ3v) is 4.69. The average Bonchev–Trinajstić information content (AvgIpc) is 2.53. The fourth-order valence-electron chi connectivity index (χ4n) is 3.33. The van der Waals surface area contributed by atoms with Crippen LogP contribution in [0.3, 0.4) is 0 Å². The number of pyridine rings is 1. The summed E-state index contributed by atoms with van der Waals surface area (Å²) in [5.41, 5.74) is 1.21. The predicted molar refractivity (Wildman–Crippen MR) is 82.4 cm³/mol. The van der Waals surface area contributed by atoms with Gasteiger partial charge in [0.15, 0.2) is 0 Å². The van der Waals surface area contributed by atoms with Gasteiger partial charge in [-0.3, -0.25) is 14.6 Å². The molecule has 0 bridgehead atoms. The summed E-state index contributed by atoms with van der Waals surface area (Å²) in [5.74, 6) is 0. The number of rotatable bonds is 3. The van der Waals surface area contributed by atoms with E-state index < -0.39 is 0 Å². The zero-order valence-corrected chi connectivity index (χ0v) is 12.8. The summed E-state index contributed by atoms with van der Waals surface area (Å²) >= 11 is 0. The van der Waals surface area contributed by atoms with Crippen LogP contribution in [0, 0.1) is 0 Å². The molecule has 0 radical (unpaired) electrons. The first-order valence-corrected chi connectivity index (χ1v) is 7.92. The highest BCUT2D eigenvalue weighted by Gasteiger charge is 2.25. The van der Waals surface area contributed by atoms with Crippen molar-refractivity contribution < 1.29 is 4.74 Å². The van der Waals surface area contributed by atoms with E-state index in [0.717, 1.165) is 51.5 Å². The van der Waals surface area contributed by atoms with E-state index in [1.807, 2.05) is 6.20 Å². The van der Waals surface area contributed by atoms with Crippen LogP contribution in [0.2, 0.25) is 0 Å². The van der Waals surface area contributed by atoms with Crippen molar-refractivity contribution in [2.75, 3.05) is 39.4 Å². The Kier molecular flexibility index (Phi) is 4.73. The van der Waals surface area contributed by atoms with E-state index in [0.29, 0.717) is 6.04 Å². The first-order valence-electron chi connectivity index (χ1n) is 7.92. The SMILES string of the molecule is Cn1ccc(CN2CCC(N3CCOCC3)CC2)cc1=O. The zero-order chi connectivity index (χ0) is 14.7. The number of likely N-dealkylation sites (tertiary alicyclic amines) is 1. The largest absolute Gasteiger partial charge is 0.379 e. The predicted octanol–water partition coefficient (Wildman–Crippen LogP) is 0.682. The van der Waals surface area contributed by atoms with Gasteiger partial charge in [-0.05, 0) is 37.6 Å². The van der Waals surface area contributed by atoms with Crippen LogP contribution in [0.4, 0.5) is 0 Å². The number of piperidine rings is 1. The summed E-state index contributed by atoms with van der Waals surface area (Å²) in [6.45, 7) is 7.07. The van der Waals surface area contributed by atoms with Crippen molar-refractivity contribution in [1.29, 1.82) is 0 Å². The van der Waals surface area contributed by atoms with Crippen molar-refractivity contribution in [3.63, 3.8) is 0 Å². The first-order chi connectivity index (χ1) is 10.2. The van der Waals surface area contributed by atoms with Crippen LogP contribution in [-0.4, -0.2) is 59.8 Å². The molecule has 3 rings (SSSR count). The fourth-order valence-corrected chi connectivity index (χ4v) is 3.33. The molecule has 116 valence electrons. The highest BCUT2D eigenvalue weighted by Crippen LogP contribution is 2.19. The Bertz CT molecular complexity index is 514. The molecule has 0 spiro atoms. The lowest BCUT2D eigenvalue weighted by Crippen LogP contribution is -2.48. The molecule has 5 nitrogen and oxygen atoms in total. The molecule has 2 fully saturated rings. The minimum atomic E-state index is 0.0794. The minimum absolute atomic E-state index is 0.0794. The minimum Gasteiger partial charge on any atom is -0.379 e. The molecule has 0 amide bonds. The molecule has 21 heavy (non-hydrogen) atoms. The molecular weight excluding hydrogens is 266 g/mol. The summed E-state index contributed by atoms with van der Waals surface area (Å²) in [6, 6.07) is 4.53. The molecule has 3 heterocycles.